The molecule has 0 aromatic heterocycles. The van der Waals surface area contributed by atoms with Crippen LogP contribution in [0.3, 0.4) is 0 Å². The molecule has 6 nitrogen and oxygen atoms in total. The molecule has 0 saturated carbocycles. The van der Waals surface area contributed by atoms with Gasteiger partial charge >= 0.3 is 5.97 Å². The number of sulfone groups is 1. The predicted octanol–water partition coefficient (Wildman–Crippen LogP) is 7.06. The highest BCUT2D eigenvalue weighted by Gasteiger charge is 2.38. The van der Waals surface area contributed by atoms with Crippen molar-refractivity contribution < 1.29 is 23.1 Å². The third-order valence-corrected chi connectivity index (χ3v) is 8.78. The van der Waals surface area contributed by atoms with Crippen LogP contribution in [-0.2, 0) is 19.4 Å². The third kappa shape index (κ3) is 11.5. The van der Waals surface area contributed by atoms with E-state index < -0.39 is 21.1 Å². The van der Waals surface area contributed by atoms with Crippen molar-refractivity contribution in [3.63, 3.8) is 0 Å². The lowest BCUT2D eigenvalue weighted by Gasteiger charge is -2.43. The van der Waals surface area contributed by atoms with Crippen molar-refractivity contribution in [2.75, 3.05) is 5.75 Å². The lowest BCUT2D eigenvalue weighted by molar-refractivity contribution is -0.140. The first-order valence-corrected chi connectivity index (χ1v) is 15.0. The standard InChI is InChI=1S/C19H28ClNO3S.C6H5Cl.C3H6O2/c1-13(2)18(12-25(23,24)14(3)4)21-17(6-5-7-19(21)22)15-8-10-16(20)11-9-15;7-6-4-2-1-3-5-6;1-2-3(4)5/h8-11,13-14,17-18H,5-7,12H2,1-4H3;1-5H;2H2,1H3,(H,4,5). The second-order valence-electron chi connectivity index (χ2n) is 9.49. The Morgan fingerprint density at radius 3 is 1.92 bits per heavy atom. The molecule has 0 aliphatic carbocycles. The fraction of sp³-hybridized carbons (Fsp3) is 0.500. The number of nitrogens with zero attached hydrogens (tertiary/aromatic N) is 1. The summed E-state index contributed by atoms with van der Waals surface area (Å²) in [5, 5.41) is 8.73. The summed E-state index contributed by atoms with van der Waals surface area (Å²) in [6.07, 6.45) is 2.37. The molecule has 0 bridgehead atoms. The van der Waals surface area contributed by atoms with E-state index in [2.05, 4.69) is 0 Å². The predicted molar refractivity (Wildman–Crippen MR) is 152 cm³/mol. The van der Waals surface area contributed by atoms with Crippen LogP contribution in [0, 0.1) is 5.92 Å². The minimum absolute atomic E-state index is 0.0121. The molecular weight excluding hydrogens is 533 g/mol. The second-order valence-corrected chi connectivity index (χ2v) is 13.0. The number of carbonyl (C=O) groups is 2. The van der Waals surface area contributed by atoms with Crippen LogP contribution in [-0.4, -0.2) is 47.3 Å². The number of aliphatic carboxylic acids is 1. The molecule has 3 rings (SSSR count). The van der Waals surface area contributed by atoms with Crippen LogP contribution in [0.5, 0.6) is 0 Å². The summed E-state index contributed by atoms with van der Waals surface area (Å²) < 4.78 is 25.1. The number of hydrogen-bond acceptors (Lipinski definition) is 4. The van der Waals surface area contributed by atoms with Gasteiger partial charge in [-0.15, -0.1) is 0 Å². The fourth-order valence-electron chi connectivity index (χ4n) is 3.76. The summed E-state index contributed by atoms with van der Waals surface area (Å²) in [6.45, 7) is 8.97. The maximum absolute atomic E-state index is 12.8. The summed E-state index contributed by atoms with van der Waals surface area (Å²) in [7, 11) is -3.24. The van der Waals surface area contributed by atoms with Crippen LogP contribution >= 0.6 is 23.2 Å². The summed E-state index contributed by atoms with van der Waals surface area (Å²) in [6, 6.07) is 16.6. The normalized spacial score (nSPS) is 16.4. The lowest BCUT2D eigenvalue weighted by atomic mass is 9.91. The molecule has 1 saturated heterocycles. The Labute approximate surface area is 231 Å². The number of piperidine rings is 1. The van der Waals surface area contributed by atoms with Gasteiger partial charge < -0.3 is 10.0 Å². The van der Waals surface area contributed by atoms with Crippen molar-refractivity contribution in [2.45, 2.75) is 77.6 Å². The summed E-state index contributed by atoms with van der Waals surface area (Å²) >= 11 is 11.5. The Hall–Kier alpha value is -2.09. The number of halogens is 2. The number of likely N-dealkylation sites (tertiary alicyclic amines) is 1. The topological polar surface area (TPSA) is 91.8 Å². The van der Waals surface area contributed by atoms with Crippen LogP contribution in [0.2, 0.25) is 10.0 Å². The Balaban J connectivity index is 0.000000467. The summed E-state index contributed by atoms with van der Waals surface area (Å²) in [5.74, 6) is -0.628. The highest BCUT2D eigenvalue weighted by Crippen LogP contribution is 2.36. The van der Waals surface area contributed by atoms with Gasteiger partial charge in [0.2, 0.25) is 5.91 Å². The van der Waals surface area contributed by atoms with Gasteiger partial charge in [-0.05, 0) is 62.4 Å². The average molecular weight is 573 g/mol. The highest BCUT2D eigenvalue weighted by molar-refractivity contribution is 7.92. The quantitative estimate of drug-likeness (QED) is 0.384. The van der Waals surface area contributed by atoms with E-state index in [4.69, 9.17) is 28.3 Å². The van der Waals surface area contributed by atoms with Crippen molar-refractivity contribution in [3.05, 3.63) is 70.2 Å². The maximum Gasteiger partial charge on any atom is 0.303 e. The molecule has 1 aliphatic rings. The Bertz CT molecular complexity index is 1070. The van der Waals surface area contributed by atoms with Crippen LogP contribution < -0.4 is 0 Å². The molecule has 2 aromatic carbocycles. The smallest absolute Gasteiger partial charge is 0.303 e. The van der Waals surface area contributed by atoms with E-state index >= 15 is 0 Å². The highest BCUT2D eigenvalue weighted by atomic mass is 35.5. The number of carbonyl (C=O) groups excluding carboxylic acids is 1. The molecule has 1 aliphatic heterocycles. The Kier molecular flexibility index (Phi) is 14.2. The maximum atomic E-state index is 12.8. The van der Waals surface area contributed by atoms with Crippen molar-refractivity contribution in [3.8, 4) is 0 Å². The zero-order chi connectivity index (χ0) is 28.2. The second kappa shape index (κ2) is 16.0. The number of carboxylic acid groups (broad SMARTS) is 1. The molecule has 2 atom stereocenters. The molecule has 1 amide bonds. The van der Waals surface area contributed by atoms with E-state index in [1.54, 1.807) is 20.8 Å². The first-order chi connectivity index (χ1) is 17.3. The monoisotopic (exact) mass is 571 g/mol. The van der Waals surface area contributed by atoms with E-state index in [-0.39, 0.29) is 36.1 Å². The van der Waals surface area contributed by atoms with Gasteiger partial charge in [-0.2, -0.15) is 0 Å². The van der Waals surface area contributed by atoms with E-state index in [1.165, 1.54) is 0 Å². The number of carboxylic acids is 1. The molecule has 0 spiro atoms. The zero-order valence-corrected chi connectivity index (χ0v) is 24.6. The van der Waals surface area contributed by atoms with Crippen molar-refractivity contribution in [1.82, 2.24) is 4.90 Å². The van der Waals surface area contributed by atoms with E-state index in [0.717, 1.165) is 23.4 Å². The van der Waals surface area contributed by atoms with Gasteiger partial charge in [0.15, 0.2) is 9.84 Å². The molecular formula is C28H39Cl2NO5S. The molecule has 2 aromatic rings. The number of hydrogen-bond donors (Lipinski definition) is 1. The van der Waals surface area contributed by atoms with Gasteiger partial charge in [0.1, 0.15) is 0 Å². The third-order valence-electron chi connectivity index (χ3n) is 6.03. The Morgan fingerprint density at radius 2 is 1.51 bits per heavy atom. The summed E-state index contributed by atoms with van der Waals surface area (Å²) in [4.78, 5) is 24.0. The van der Waals surface area contributed by atoms with Crippen molar-refractivity contribution in [2.24, 2.45) is 5.92 Å². The molecule has 1 N–H and O–H groups in total. The number of rotatable bonds is 7. The minimum atomic E-state index is -3.24. The van der Waals surface area contributed by atoms with Crippen molar-refractivity contribution >= 4 is 44.9 Å². The minimum Gasteiger partial charge on any atom is -0.481 e. The van der Waals surface area contributed by atoms with Gasteiger partial charge in [0, 0.05) is 28.9 Å². The molecule has 2 unspecified atom stereocenters. The van der Waals surface area contributed by atoms with Crippen LogP contribution in [0.1, 0.15) is 71.9 Å². The zero-order valence-electron chi connectivity index (χ0n) is 22.2. The molecule has 1 fully saturated rings. The summed E-state index contributed by atoms with van der Waals surface area (Å²) in [5.41, 5.74) is 1.02. The average Bonchev–Trinajstić information content (AvgIpc) is 2.84. The molecule has 0 radical (unpaired) electrons. The molecule has 206 valence electrons. The van der Waals surface area contributed by atoms with E-state index in [1.807, 2.05) is 73.3 Å². The fourth-order valence-corrected chi connectivity index (χ4v) is 5.43. The van der Waals surface area contributed by atoms with E-state index in [9.17, 15) is 18.0 Å². The van der Waals surface area contributed by atoms with E-state index in [0.29, 0.717) is 11.4 Å². The van der Waals surface area contributed by atoms with Crippen LogP contribution in [0.15, 0.2) is 54.6 Å². The first kappa shape index (κ1) is 32.9. The number of benzene rings is 2. The van der Waals surface area contributed by atoms with Crippen LogP contribution in [0.25, 0.3) is 0 Å². The van der Waals surface area contributed by atoms with Crippen LogP contribution in [0.4, 0.5) is 0 Å². The van der Waals surface area contributed by atoms with Gasteiger partial charge in [-0.25, -0.2) is 8.42 Å². The SMILES string of the molecule is CC(C)C(CS(=O)(=O)C(C)C)N1C(=O)CCCC1c1ccc(Cl)cc1.CCC(=O)O.Clc1ccccc1. The van der Waals surface area contributed by atoms with Gasteiger partial charge in [-0.3, -0.25) is 9.59 Å². The lowest BCUT2D eigenvalue weighted by Crippen LogP contribution is -2.51. The van der Waals surface area contributed by atoms with Crippen molar-refractivity contribution in [1.29, 1.82) is 0 Å². The molecule has 37 heavy (non-hydrogen) atoms. The first-order valence-electron chi connectivity index (χ1n) is 12.5. The molecule has 9 heteroatoms. The largest absolute Gasteiger partial charge is 0.481 e. The van der Waals surface area contributed by atoms with Gasteiger partial charge in [0.25, 0.3) is 0 Å². The van der Waals surface area contributed by atoms with Gasteiger partial charge in [-0.1, -0.05) is 74.3 Å². The molecule has 1 heterocycles. The Morgan fingerprint density at radius 1 is 1.00 bits per heavy atom. The number of amides is 1. The van der Waals surface area contributed by atoms with Gasteiger partial charge in [0.05, 0.1) is 17.0 Å².